The molecular formula is C22H28F2N4O4. The Morgan fingerprint density at radius 2 is 2.03 bits per heavy atom. The van der Waals surface area contributed by atoms with Crippen molar-refractivity contribution in [2.45, 2.75) is 44.6 Å². The van der Waals surface area contributed by atoms with Crippen molar-refractivity contribution >= 4 is 11.8 Å². The van der Waals surface area contributed by atoms with Gasteiger partial charge in [0.1, 0.15) is 11.5 Å². The molecule has 0 aliphatic carbocycles. The zero-order chi connectivity index (χ0) is 23.3. The lowest BCUT2D eigenvalue weighted by Gasteiger charge is -2.20. The van der Waals surface area contributed by atoms with E-state index in [2.05, 4.69) is 10.3 Å². The molecule has 0 unspecified atom stereocenters. The Kier molecular flexibility index (Phi) is 7.44. The van der Waals surface area contributed by atoms with Gasteiger partial charge in [-0.05, 0) is 50.5 Å². The summed E-state index contributed by atoms with van der Waals surface area (Å²) in [5, 5.41) is 2.77. The number of hydrogen-bond donors (Lipinski definition) is 2. The van der Waals surface area contributed by atoms with E-state index >= 15 is 0 Å². The second-order valence-electron chi connectivity index (χ2n) is 7.88. The molecule has 1 fully saturated rings. The molecule has 8 nitrogen and oxygen atoms in total. The lowest BCUT2D eigenvalue weighted by atomic mass is 10.1. The summed E-state index contributed by atoms with van der Waals surface area (Å²) in [6.07, 6.45) is 1.21. The number of aryl methyl sites for hydroxylation is 1. The quantitative estimate of drug-likeness (QED) is 0.569. The van der Waals surface area contributed by atoms with E-state index in [0.717, 1.165) is 10.5 Å². The molecule has 0 radical (unpaired) electrons. The topological polar surface area (TPSA) is 111 Å². The molecule has 2 amide bonds. The summed E-state index contributed by atoms with van der Waals surface area (Å²) < 4.78 is 37.2. The van der Waals surface area contributed by atoms with Crippen molar-refractivity contribution in [1.82, 2.24) is 15.2 Å². The number of nitrogens with zero attached hydrogens (tertiary/aromatic N) is 2. The molecule has 0 saturated carbocycles. The molecule has 1 aliphatic rings. The Labute approximate surface area is 185 Å². The number of oxazole rings is 1. The Bertz CT molecular complexity index is 946. The summed E-state index contributed by atoms with van der Waals surface area (Å²) in [6.45, 7) is 1.50. The minimum absolute atomic E-state index is 0.0329. The van der Waals surface area contributed by atoms with Gasteiger partial charge in [0.2, 0.25) is 11.8 Å². The van der Waals surface area contributed by atoms with Crippen LogP contribution in [0.5, 0.6) is 5.75 Å². The number of nitrogens with one attached hydrogen (secondary N) is 1. The highest BCUT2D eigenvalue weighted by atomic mass is 19.3. The molecule has 2 heterocycles. The van der Waals surface area contributed by atoms with E-state index in [0.29, 0.717) is 43.2 Å². The van der Waals surface area contributed by atoms with Gasteiger partial charge in [0, 0.05) is 25.1 Å². The smallest absolute Gasteiger partial charge is 0.273 e. The first-order valence-corrected chi connectivity index (χ1v) is 10.5. The molecule has 32 heavy (non-hydrogen) atoms. The fourth-order valence-electron chi connectivity index (χ4n) is 3.52. The van der Waals surface area contributed by atoms with Crippen LogP contribution in [0.3, 0.4) is 0 Å². The Hall–Kier alpha value is -3.01. The van der Waals surface area contributed by atoms with Gasteiger partial charge in [0.05, 0.1) is 19.7 Å². The molecule has 3 N–H and O–H groups in total. The SMILES string of the molecule is COc1ccc(-c2nc(C(=O)NCCCC[C@H](N)C(=O)N3CCC(F)(F)C3)c(C)o2)cc1. The minimum atomic E-state index is -2.83. The Morgan fingerprint density at radius 1 is 1.31 bits per heavy atom. The molecule has 1 atom stereocenters. The van der Waals surface area contributed by atoms with Crippen LogP contribution in [0.1, 0.15) is 41.9 Å². The fraction of sp³-hybridized carbons (Fsp3) is 0.500. The number of rotatable bonds is 9. The van der Waals surface area contributed by atoms with E-state index in [-0.39, 0.29) is 24.6 Å². The van der Waals surface area contributed by atoms with Crippen molar-refractivity contribution in [2.24, 2.45) is 5.73 Å². The van der Waals surface area contributed by atoms with Crippen molar-refractivity contribution in [2.75, 3.05) is 26.7 Å². The van der Waals surface area contributed by atoms with Crippen molar-refractivity contribution in [3.8, 4) is 17.2 Å². The zero-order valence-corrected chi connectivity index (χ0v) is 18.2. The third kappa shape index (κ3) is 5.82. The van der Waals surface area contributed by atoms with E-state index < -0.39 is 24.4 Å². The number of benzene rings is 1. The molecule has 1 saturated heterocycles. The molecule has 174 valence electrons. The average molecular weight is 450 g/mol. The van der Waals surface area contributed by atoms with E-state index in [4.69, 9.17) is 14.9 Å². The number of ether oxygens (including phenoxy) is 1. The molecule has 2 aromatic rings. The van der Waals surface area contributed by atoms with E-state index in [1.807, 2.05) is 0 Å². The van der Waals surface area contributed by atoms with Gasteiger partial charge >= 0.3 is 0 Å². The number of nitrogens with two attached hydrogens (primary N) is 1. The van der Waals surface area contributed by atoms with Crippen LogP contribution in [0.15, 0.2) is 28.7 Å². The van der Waals surface area contributed by atoms with Crippen molar-refractivity contribution in [3.63, 3.8) is 0 Å². The highest BCUT2D eigenvalue weighted by Crippen LogP contribution is 2.27. The number of amides is 2. The number of likely N-dealkylation sites (tertiary alicyclic amines) is 1. The van der Waals surface area contributed by atoms with Crippen LogP contribution in [-0.4, -0.2) is 60.4 Å². The van der Waals surface area contributed by atoms with Crippen LogP contribution in [0, 0.1) is 6.92 Å². The van der Waals surface area contributed by atoms with Crippen molar-refractivity contribution < 1.29 is 27.5 Å². The predicted molar refractivity (Wildman–Crippen MR) is 114 cm³/mol. The summed E-state index contributed by atoms with van der Waals surface area (Å²) in [4.78, 5) is 30.0. The number of halogens is 2. The maximum atomic E-state index is 13.3. The highest BCUT2D eigenvalue weighted by molar-refractivity contribution is 5.93. The molecule has 0 spiro atoms. The van der Waals surface area contributed by atoms with Crippen LogP contribution in [0.2, 0.25) is 0 Å². The van der Waals surface area contributed by atoms with Crippen LogP contribution in [0.4, 0.5) is 8.78 Å². The van der Waals surface area contributed by atoms with Crippen molar-refractivity contribution in [3.05, 3.63) is 35.7 Å². The van der Waals surface area contributed by atoms with E-state index in [1.165, 1.54) is 0 Å². The number of methoxy groups -OCH3 is 1. The van der Waals surface area contributed by atoms with Gasteiger partial charge in [-0.2, -0.15) is 0 Å². The van der Waals surface area contributed by atoms with E-state index in [9.17, 15) is 18.4 Å². The summed E-state index contributed by atoms with van der Waals surface area (Å²) in [6, 6.07) is 6.32. The first-order valence-electron chi connectivity index (χ1n) is 10.5. The Balaban J connectivity index is 1.42. The standard InChI is InChI=1S/C22H28F2N4O4/c1-14-18(27-20(32-14)15-6-8-16(31-2)9-7-15)19(29)26-11-4-3-5-17(25)21(30)28-12-10-22(23,24)13-28/h6-9,17H,3-5,10-13,25H2,1-2H3,(H,26,29)/t17-/m0/s1. The second kappa shape index (κ2) is 10.1. The molecular weight excluding hydrogens is 422 g/mol. The minimum Gasteiger partial charge on any atom is -0.497 e. The predicted octanol–water partition coefficient (Wildman–Crippen LogP) is 2.75. The van der Waals surface area contributed by atoms with E-state index in [1.54, 1.807) is 38.3 Å². The Morgan fingerprint density at radius 3 is 2.66 bits per heavy atom. The van der Waals surface area contributed by atoms with Gasteiger partial charge < -0.3 is 25.1 Å². The fourth-order valence-corrected chi connectivity index (χ4v) is 3.52. The summed E-state index contributed by atoms with van der Waals surface area (Å²) in [7, 11) is 1.58. The third-order valence-corrected chi connectivity index (χ3v) is 5.37. The third-order valence-electron chi connectivity index (χ3n) is 5.37. The summed E-state index contributed by atoms with van der Waals surface area (Å²) in [5.74, 6) is -2.18. The summed E-state index contributed by atoms with van der Waals surface area (Å²) in [5.41, 5.74) is 6.79. The zero-order valence-electron chi connectivity index (χ0n) is 18.2. The van der Waals surface area contributed by atoms with Crippen LogP contribution >= 0.6 is 0 Å². The van der Waals surface area contributed by atoms with Gasteiger partial charge in [-0.3, -0.25) is 9.59 Å². The lowest BCUT2D eigenvalue weighted by molar-refractivity contribution is -0.133. The number of carbonyl (C=O) groups is 2. The number of unbranched alkanes of at least 4 members (excludes halogenated alkanes) is 1. The number of carbonyl (C=O) groups excluding carboxylic acids is 2. The van der Waals surface area contributed by atoms with Crippen LogP contribution in [0.25, 0.3) is 11.5 Å². The maximum absolute atomic E-state index is 13.3. The van der Waals surface area contributed by atoms with Crippen molar-refractivity contribution in [1.29, 1.82) is 0 Å². The number of hydrogen-bond acceptors (Lipinski definition) is 6. The molecule has 1 aliphatic heterocycles. The van der Waals surface area contributed by atoms with Gasteiger partial charge in [-0.15, -0.1) is 0 Å². The van der Waals surface area contributed by atoms with Gasteiger partial charge in [0.25, 0.3) is 11.8 Å². The molecule has 3 rings (SSSR count). The molecule has 0 bridgehead atoms. The molecule has 1 aromatic carbocycles. The normalized spacial score (nSPS) is 16.1. The second-order valence-corrected chi connectivity index (χ2v) is 7.88. The van der Waals surface area contributed by atoms with Gasteiger partial charge in [-0.1, -0.05) is 0 Å². The van der Waals surface area contributed by atoms with Crippen LogP contribution in [-0.2, 0) is 4.79 Å². The van der Waals surface area contributed by atoms with Gasteiger partial charge in [-0.25, -0.2) is 13.8 Å². The largest absolute Gasteiger partial charge is 0.497 e. The first-order chi connectivity index (χ1) is 15.2. The molecule has 10 heteroatoms. The lowest BCUT2D eigenvalue weighted by Crippen LogP contribution is -2.43. The number of aromatic nitrogens is 1. The maximum Gasteiger partial charge on any atom is 0.273 e. The number of alkyl halides is 2. The van der Waals surface area contributed by atoms with Crippen LogP contribution < -0.4 is 15.8 Å². The average Bonchev–Trinajstić information content (AvgIpc) is 3.34. The highest BCUT2D eigenvalue weighted by Gasteiger charge is 2.41. The van der Waals surface area contributed by atoms with Gasteiger partial charge in [0.15, 0.2) is 5.69 Å². The monoisotopic (exact) mass is 450 g/mol. The first kappa shape index (κ1) is 23.6. The molecule has 1 aromatic heterocycles. The summed E-state index contributed by atoms with van der Waals surface area (Å²) >= 11 is 0.